The van der Waals surface area contributed by atoms with E-state index in [0.29, 0.717) is 12.1 Å². The van der Waals surface area contributed by atoms with Crippen LogP contribution in [-0.2, 0) is 6.54 Å². The molecular formula is C17H12F3NO4. The molecule has 1 aliphatic rings. The van der Waals surface area contributed by atoms with Crippen LogP contribution in [0.15, 0.2) is 24.3 Å². The summed E-state index contributed by atoms with van der Waals surface area (Å²) < 4.78 is 50.4. The smallest absolute Gasteiger partial charge is 0.265 e. The number of fused-ring (bicyclic) bond motifs is 1. The second kappa shape index (κ2) is 6.12. The number of carbonyl (C=O) groups is 2. The average Bonchev–Trinajstić information content (AvgIpc) is 2.83. The third-order valence-corrected chi connectivity index (χ3v) is 3.90. The molecule has 0 N–H and O–H groups in total. The van der Waals surface area contributed by atoms with E-state index >= 15 is 0 Å². The Labute approximate surface area is 140 Å². The number of hydrogen-bond acceptors (Lipinski definition) is 4. The maximum atomic E-state index is 13.8. The zero-order valence-corrected chi connectivity index (χ0v) is 13.2. The van der Waals surface area contributed by atoms with Crippen LogP contribution in [0, 0.1) is 17.5 Å². The zero-order chi connectivity index (χ0) is 18.3. The van der Waals surface area contributed by atoms with E-state index in [0.717, 1.165) is 4.90 Å². The van der Waals surface area contributed by atoms with E-state index < -0.39 is 35.8 Å². The highest BCUT2D eigenvalue weighted by Crippen LogP contribution is 2.38. The lowest BCUT2D eigenvalue weighted by Crippen LogP contribution is -2.29. The Bertz CT molecular complexity index is 898. The number of hydrogen-bond donors (Lipinski definition) is 0. The average molecular weight is 351 g/mol. The van der Waals surface area contributed by atoms with Crippen molar-refractivity contribution in [3.05, 3.63) is 58.4 Å². The van der Waals surface area contributed by atoms with Crippen molar-refractivity contribution in [3.63, 3.8) is 0 Å². The molecule has 1 heterocycles. The summed E-state index contributed by atoms with van der Waals surface area (Å²) in [6.45, 7) is -0.541. The molecule has 0 radical (unpaired) electrons. The fraction of sp³-hybridized carbons (Fsp3) is 0.176. The molecule has 0 atom stereocenters. The number of benzene rings is 2. The first-order chi connectivity index (χ1) is 11.9. The number of methoxy groups -OCH3 is 2. The fourth-order valence-electron chi connectivity index (χ4n) is 2.69. The Hall–Kier alpha value is -3.03. The molecule has 25 heavy (non-hydrogen) atoms. The molecule has 130 valence electrons. The highest BCUT2D eigenvalue weighted by atomic mass is 19.2. The largest absolute Gasteiger partial charge is 0.493 e. The van der Waals surface area contributed by atoms with E-state index in [1.165, 1.54) is 26.4 Å². The van der Waals surface area contributed by atoms with Gasteiger partial charge in [-0.2, -0.15) is 0 Å². The maximum Gasteiger partial charge on any atom is 0.265 e. The first-order valence-corrected chi connectivity index (χ1v) is 7.13. The van der Waals surface area contributed by atoms with Crippen LogP contribution < -0.4 is 9.47 Å². The first kappa shape index (κ1) is 16.8. The Kier molecular flexibility index (Phi) is 4.12. The molecule has 5 nitrogen and oxygen atoms in total. The van der Waals surface area contributed by atoms with Gasteiger partial charge in [0.1, 0.15) is 5.82 Å². The Morgan fingerprint density at radius 2 is 1.60 bits per heavy atom. The van der Waals surface area contributed by atoms with Crippen LogP contribution >= 0.6 is 0 Å². The van der Waals surface area contributed by atoms with Gasteiger partial charge in [-0.15, -0.1) is 0 Å². The monoisotopic (exact) mass is 351 g/mol. The summed E-state index contributed by atoms with van der Waals surface area (Å²) in [5, 5.41) is 0. The van der Waals surface area contributed by atoms with E-state index in [-0.39, 0.29) is 28.2 Å². The lowest BCUT2D eigenvalue weighted by molar-refractivity contribution is 0.0639. The van der Waals surface area contributed by atoms with Gasteiger partial charge in [0.05, 0.1) is 31.9 Å². The van der Waals surface area contributed by atoms with E-state index in [1.54, 1.807) is 0 Å². The van der Waals surface area contributed by atoms with Gasteiger partial charge in [0.25, 0.3) is 11.8 Å². The number of halogens is 3. The Morgan fingerprint density at radius 1 is 0.920 bits per heavy atom. The summed E-state index contributed by atoms with van der Waals surface area (Å²) in [6.07, 6.45) is 0. The normalized spacial score (nSPS) is 13.2. The SMILES string of the molecule is COc1ccc2c(c1OC)C(=O)N(Cc1cc(F)c(F)cc1F)C2=O. The third kappa shape index (κ3) is 2.59. The van der Waals surface area contributed by atoms with Crippen LogP contribution in [0.5, 0.6) is 11.5 Å². The summed E-state index contributed by atoms with van der Waals surface area (Å²) in [5.41, 5.74) is -0.278. The maximum absolute atomic E-state index is 13.8. The van der Waals surface area contributed by atoms with Gasteiger partial charge in [0.2, 0.25) is 0 Å². The topological polar surface area (TPSA) is 55.8 Å². The molecule has 2 aromatic rings. The standard InChI is InChI=1S/C17H12F3NO4/c1-24-13-4-3-9-14(15(13)25-2)17(23)21(16(9)22)7-8-5-11(19)12(20)6-10(8)18/h3-6H,7H2,1-2H3. The number of nitrogens with zero attached hydrogens (tertiary/aromatic N) is 1. The lowest BCUT2D eigenvalue weighted by atomic mass is 10.1. The van der Waals surface area contributed by atoms with Crippen molar-refractivity contribution in [3.8, 4) is 11.5 Å². The minimum absolute atomic E-state index is 0.0187. The molecule has 0 aromatic heterocycles. The molecule has 2 amide bonds. The van der Waals surface area contributed by atoms with Crippen molar-refractivity contribution in [1.29, 1.82) is 0 Å². The van der Waals surface area contributed by atoms with Gasteiger partial charge in [-0.1, -0.05) is 0 Å². The van der Waals surface area contributed by atoms with Crippen molar-refractivity contribution in [2.24, 2.45) is 0 Å². The molecule has 1 aliphatic heterocycles. The Morgan fingerprint density at radius 3 is 2.24 bits per heavy atom. The van der Waals surface area contributed by atoms with Crippen LogP contribution in [0.1, 0.15) is 26.3 Å². The summed E-state index contributed by atoms with van der Waals surface area (Å²) in [6, 6.07) is 3.83. The number of imide groups is 1. The molecule has 2 aromatic carbocycles. The highest BCUT2D eigenvalue weighted by molar-refractivity contribution is 6.22. The zero-order valence-electron chi connectivity index (χ0n) is 13.2. The van der Waals surface area contributed by atoms with Gasteiger partial charge in [0.15, 0.2) is 23.1 Å². The van der Waals surface area contributed by atoms with Gasteiger partial charge in [-0.05, 0) is 18.2 Å². The minimum Gasteiger partial charge on any atom is -0.493 e. The highest BCUT2D eigenvalue weighted by Gasteiger charge is 2.39. The second-order valence-corrected chi connectivity index (χ2v) is 5.28. The minimum atomic E-state index is -1.35. The van der Waals surface area contributed by atoms with Crippen LogP contribution in [-0.4, -0.2) is 30.9 Å². The molecule has 3 rings (SSSR count). The van der Waals surface area contributed by atoms with Crippen LogP contribution in [0.2, 0.25) is 0 Å². The quantitative estimate of drug-likeness (QED) is 0.628. The summed E-state index contributed by atoms with van der Waals surface area (Å²) in [7, 11) is 2.69. The number of ether oxygens (including phenoxy) is 2. The molecule has 0 bridgehead atoms. The summed E-state index contributed by atoms with van der Waals surface area (Å²) >= 11 is 0. The van der Waals surface area contributed by atoms with Gasteiger partial charge >= 0.3 is 0 Å². The van der Waals surface area contributed by atoms with Crippen molar-refractivity contribution in [2.75, 3.05) is 14.2 Å². The van der Waals surface area contributed by atoms with E-state index in [9.17, 15) is 22.8 Å². The molecule has 0 unspecified atom stereocenters. The molecular weight excluding hydrogens is 339 g/mol. The third-order valence-electron chi connectivity index (χ3n) is 3.90. The van der Waals surface area contributed by atoms with E-state index in [4.69, 9.17) is 9.47 Å². The summed E-state index contributed by atoms with van der Waals surface area (Å²) in [4.78, 5) is 25.8. The van der Waals surface area contributed by atoms with Crippen molar-refractivity contribution >= 4 is 11.8 Å². The van der Waals surface area contributed by atoms with Crippen molar-refractivity contribution < 1.29 is 32.2 Å². The number of amides is 2. The van der Waals surface area contributed by atoms with Crippen molar-refractivity contribution in [1.82, 2.24) is 4.90 Å². The number of carbonyl (C=O) groups excluding carboxylic acids is 2. The van der Waals surface area contributed by atoms with Gasteiger partial charge in [0, 0.05) is 11.6 Å². The van der Waals surface area contributed by atoms with Crippen LogP contribution in [0.3, 0.4) is 0 Å². The molecule has 0 spiro atoms. The second-order valence-electron chi connectivity index (χ2n) is 5.28. The molecule has 0 fully saturated rings. The van der Waals surface area contributed by atoms with E-state index in [1.807, 2.05) is 0 Å². The Balaban J connectivity index is 2.02. The molecule has 0 saturated heterocycles. The summed E-state index contributed by atoms with van der Waals surface area (Å²) in [5.74, 6) is -4.78. The van der Waals surface area contributed by atoms with Crippen molar-refractivity contribution in [2.45, 2.75) is 6.54 Å². The molecule has 8 heteroatoms. The van der Waals surface area contributed by atoms with Crippen LogP contribution in [0.4, 0.5) is 13.2 Å². The van der Waals surface area contributed by atoms with Crippen LogP contribution in [0.25, 0.3) is 0 Å². The predicted octanol–water partition coefficient (Wildman–Crippen LogP) is 2.92. The number of rotatable bonds is 4. The van der Waals surface area contributed by atoms with Gasteiger partial charge < -0.3 is 9.47 Å². The fourth-order valence-corrected chi connectivity index (χ4v) is 2.69. The first-order valence-electron chi connectivity index (χ1n) is 7.13. The van der Waals surface area contributed by atoms with Gasteiger partial charge in [-0.3, -0.25) is 14.5 Å². The predicted molar refractivity (Wildman–Crippen MR) is 80.1 cm³/mol. The van der Waals surface area contributed by atoms with Gasteiger partial charge in [-0.25, -0.2) is 13.2 Å². The molecule has 0 saturated carbocycles. The lowest BCUT2D eigenvalue weighted by Gasteiger charge is -2.15. The molecule has 0 aliphatic carbocycles. The van der Waals surface area contributed by atoms with E-state index in [2.05, 4.69) is 0 Å².